The smallest absolute Gasteiger partial charge is 0.134 e. The second kappa shape index (κ2) is 6.30. The summed E-state index contributed by atoms with van der Waals surface area (Å²) in [6, 6.07) is 10.7. The van der Waals surface area contributed by atoms with Crippen molar-refractivity contribution in [2.75, 3.05) is 13.2 Å². The van der Waals surface area contributed by atoms with Gasteiger partial charge < -0.3 is 4.74 Å². The minimum atomic E-state index is 0.278. The second-order valence-electron chi connectivity index (χ2n) is 5.77. The second-order valence-corrected chi connectivity index (χ2v) is 6.12. The van der Waals surface area contributed by atoms with E-state index in [2.05, 4.69) is 35.9 Å². The van der Waals surface area contributed by atoms with Crippen LogP contribution in [-0.2, 0) is 11.3 Å². The Labute approximate surface area is 130 Å². The number of rotatable bonds is 3. The molecular weight excluding hydrogens is 284 g/mol. The van der Waals surface area contributed by atoms with Crippen LogP contribution in [0.4, 0.5) is 0 Å². The summed E-state index contributed by atoms with van der Waals surface area (Å²) < 4.78 is 5.76. The highest BCUT2D eigenvalue weighted by Crippen LogP contribution is 2.24. The summed E-state index contributed by atoms with van der Waals surface area (Å²) in [5.74, 6) is 0. The Bertz CT molecular complexity index is 631. The molecule has 2 unspecified atom stereocenters. The lowest BCUT2D eigenvalue weighted by Crippen LogP contribution is -2.47. The van der Waals surface area contributed by atoms with Gasteiger partial charge in [-0.05, 0) is 25.5 Å². The number of pyridine rings is 1. The first-order valence-electron chi connectivity index (χ1n) is 7.57. The number of nitrogens with zero attached hydrogens (tertiary/aromatic N) is 2. The predicted octanol–water partition coefficient (Wildman–Crippen LogP) is 3.89. The Kier molecular flexibility index (Phi) is 4.43. The van der Waals surface area contributed by atoms with Crippen molar-refractivity contribution in [2.24, 2.45) is 0 Å². The van der Waals surface area contributed by atoms with E-state index in [1.165, 1.54) is 0 Å². The molecule has 0 spiro atoms. The van der Waals surface area contributed by atoms with Gasteiger partial charge in [0.2, 0.25) is 0 Å². The molecule has 1 aromatic carbocycles. The first-order valence-corrected chi connectivity index (χ1v) is 7.95. The van der Waals surface area contributed by atoms with Gasteiger partial charge in [0.15, 0.2) is 0 Å². The Balaban J connectivity index is 1.87. The molecule has 1 aromatic heterocycles. The van der Waals surface area contributed by atoms with E-state index in [0.29, 0.717) is 11.2 Å². The lowest BCUT2D eigenvalue weighted by molar-refractivity contribution is -0.0592. The molecular formula is C17H21ClN2O. The van der Waals surface area contributed by atoms with E-state index < -0.39 is 0 Å². The van der Waals surface area contributed by atoms with Crippen molar-refractivity contribution in [3.8, 4) is 0 Å². The van der Waals surface area contributed by atoms with E-state index in [0.717, 1.165) is 42.6 Å². The maximum atomic E-state index is 6.38. The van der Waals surface area contributed by atoms with Crippen molar-refractivity contribution in [3.05, 3.63) is 41.0 Å². The maximum Gasteiger partial charge on any atom is 0.134 e. The van der Waals surface area contributed by atoms with Gasteiger partial charge in [-0.15, -0.1) is 0 Å². The molecule has 1 fully saturated rings. The van der Waals surface area contributed by atoms with Crippen LogP contribution in [0.2, 0.25) is 5.15 Å². The molecule has 0 bridgehead atoms. The SMILES string of the molecule is CCC1COC(C)CN1Cc1cc2ccccc2nc1Cl. The molecule has 1 aliphatic rings. The number of fused-ring (bicyclic) bond motifs is 1. The number of benzene rings is 1. The van der Waals surface area contributed by atoms with E-state index >= 15 is 0 Å². The molecule has 4 heteroatoms. The summed E-state index contributed by atoms with van der Waals surface area (Å²) in [6.45, 7) is 6.91. The fourth-order valence-electron chi connectivity index (χ4n) is 2.95. The molecule has 1 aliphatic heterocycles. The summed E-state index contributed by atoms with van der Waals surface area (Å²) in [5, 5.41) is 1.76. The fraction of sp³-hybridized carbons (Fsp3) is 0.471. The number of hydrogen-bond acceptors (Lipinski definition) is 3. The van der Waals surface area contributed by atoms with Gasteiger partial charge in [-0.2, -0.15) is 0 Å². The quantitative estimate of drug-likeness (QED) is 0.805. The zero-order valence-electron chi connectivity index (χ0n) is 12.6. The third kappa shape index (κ3) is 3.20. The number of aromatic nitrogens is 1. The molecule has 0 saturated carbocycles. The molecule has 0 aliphatic carbocycles. The Morgan fingerprint density at radius 2 is 2.19 bits per heavy atom. The van der Waals surface area contributed by atoms with Crippen molar-refractivity contribution < 1.29 is 4.74 Å². The van der Waals surface area contributed by atoms with E-state index in [1.54, 1.807) is 0 Å². The summed E-state index contributed by atoms with van der Waals surface area (Å²) >= 11 is 6.38. The minimum Gasteiger partial charge on any atom is -0.376 e. The summed E-state index contributed by atoms with van der Waals surface area (Å²) in [4.78, 5) is 6.98. The van der Waals surface area contributed by atoms with Crippen LogP contribution >= 0.6 is 11.6 Å². The Morgan fingerprint density at radius 3 is 3.00 bits per heavy atom. The van der Waals surface area contributed by atoms with Gasteiger partial charge in [-0.25, -0.2) is 4.98 Å². The molecule has 2 heterocycles. The fourth-order valence-corrected chi connectivity index (χ4v) is 3.15. The third-order valence-electron chi connectivity index (χ3n) is 4.18. The largest absolute Gasteiger partial charge is 0.376 e. The van der Waals surface area contributed by atoms with Gasteiger partial charge in [0.25, 0.3) is 0 Å². The van der Waals surface area contributed by atoms with Crippen LogP contribution in [-0.4, -0.2) is 35.2 Å². The van der Waals surface area contributed by atoms with E-state index in [9.17, 15) is 0 Å². The number of ether oxygens (including phenoxy) is 1. The van der Waals surface area contributed by atoms with E-state index in [4.69, 9.17) is 16.3 Å². The molecule has 1 saturated heterocycles. The van der Waals surface area contributed by atoms with Crippen LogP contribution in [0.5, 0.6) is 0 Å². The third-order valence-corrected chi connectivity index (χ3v) is 4.50. The Hall–Kier alpha value is -1.16. The van der Waals surface area contributed by atoms with Gasteiger partial charge in [0, 0.05) is 30.1 Å². The van der Waals surface area contributed by atoms with E-state index in [-0.39, 0.29) is 6.10 Å². The molecule has 3 nitrogen and oxygen atoms in total. The van der Waals surface area contributed by atoms with Crippen LogP contribution in [0.3, 0.4) is 0 Å². The molecule has 0 amide bonds. The zero-order valence-corrected chi connectivity index (χ0v) is 13.3. The van der Waals surface area contributed by atoms with Crippen LogP contribution in [0.25, 0.3) is 10.9 Å². The topological polar surface area (TPSA) is 25.4 Å². The average molecular weight is 305 g/mol. The van der Waals surface area contributed by atoms with Crippen LogP contribution in [0.1, 0.15) is 25.8 Å². The van der Waals surface area contributed by atoms with Crippen molar-refractivity contribution in [3.63, 3.8) is 0 Å². The number of hydrogen-bond donors (Lipinski definition) is 0. The average Bonchev–Trinajstić information content (AvgIpc) is 2.48. The van der Waals surface area contributed by atoms with Crippen molar-refractivity contribution in [1.29, 1.82) is 0 Å². The van der Waals surface area contributed by atoms with Gasteiger partial charge >= 0.3 is 0 Å². The lowest BCUT2D eigenvalue weighted by Gasteiger charge is -2.38. The molecule has 3 rings (SSSR count). The summed E-state index contributed by atoms with van der Waals surface area (Å²) in [5.41, 5.74) is 2.05. The summed E-state index contributed by atoms with van der Waals surface area (Å²) in [6.07, 6.45) is 1.37. The molecule has 0 N–H and O–H groups in total. The highest BCUT2D eigenvalue weighted by molar-refractivity contribution is 6.30. The first kappa shape index (κ1) is 14.8. The van der Waals surface area contributed by atoms with Gasteiger partial charge in [-0.1, -0.05) is 36.7 Å². The highest BCUT2D eigenvalue weighted by atomic mass is 35.5. The van der Waals surface area contributed by atoms with Gasteiger partial charge in [0.1, 0.15) is 5.15 Å². The van der Waals surface area contributed by atoms with Crippen LogP contribution in [0, 0.1) is 0 Å². The molecule has 2 aromatic rings. The number of halogens is 1. The first-order chi connectivity index (χ1) is 10.2. The van der Waals surface area contributed by atoms with Crippen molar-refractivity contribution in [1.82, 2.24) is 9.88 Å². The predicted molar refractivity (Wildman–Crippen MR) is 86.7 cm³/mol. The molecule has 112 valence electrons. The minimum absolute atomic E-state index is 0.278. The molecule has 21 heavy (non-hydrogen) atoms. The van der Waals surface area contributed by atoms with Crippen molar-refractivity contribution in [2.45, 2.75) is 39.0 Å². The molecule has 0 radical (unpaired) electrons. The maximum absolute atomic E-state index is 6.38. The standard InChI is InChI=1S/C17H21ClN2O/c1-3-15-11-21-12(2)9-20(15)10-14-8-13-6-4-5-7-16(13)19-17(14)18/h4-8,12,15H,3,9-11H2,1-2H3. The normalized spacial score (nSPS) is 23.6. The monoisotopic (exact) mass is 304 g/mol. The van der Waals surface area contributed by atoms with Crippen molar-refractivity contribution >= 4 is 22.5 Å². The van der Waals surface area contributed by atoms with Crippen LogP contribution < -0.4 is 0 Å². The van der Waals surface area contributed by atoms with Crippen LogP contribution in [0.15, 0.2) is 30.3 Å². The van der Waals surface area contributed by atoms with E-state index in [1.807, 2.05) is 18.2 Å². The van der Waals surface area contributed by atoms with Gasteiger partial charge in [-0.3, -0.25) is 4.90 Å². The number of para-hydroxylation sites is 1. The van der Waals surface area contributed by atoms with Gasteiger partial charge in [0.05, 0.1) is 18.2 Å². The zero-order chi connectivity index (χ0) is 14.8. The molecule has 2 atom stereocenters. The number of morpholine rings is 1. The highest BCUT2D eigenvalue weighted by Gasteiger charge is 2.26. The lowest BCUT2D eigenvalue weighted by atomic mass is 10.1. The Morgan fingerprint density at radius 1 is 1.38 bits per heavy atom. The summed E-state index contributed by atoms with van der Waals surface area (Å²) in [7, 11) is 0.